The summed E-state index contributed by atoms with van der Waals surface area (Å²) in [6.45, 7) is 8.46. The Morgan fingerprint density at radius 2 is 2.24 bits per heavy atom. The van der Waals surface area contributed by atoms with Gasteiger partial charge in [0.25, 0.3) is 0 Å². The van der Waals surface area contributed by atoms with Crippen LogP contribution in [0, 0.1) is 0 Å². The van der Waals surface area contributed by atoms with Gasteiger partial charge in [-0.1, -0.05) is 13.5 Å². The molecule has 1 amide bonds. The normalized spacial score (nSPS) is 14.4. The van der Waals surface area contributed by atoms with Crippen molar-refractivity contribution in [1.82, 2.24) is 9.88 Å². The highest BCUT2D eigenvalue weighted by Crippen LogP contribution is 2.36. The highest BCUT2D eigenvalue weighted by atomic mass is 16.5. The van der Waals surface area contributed by atoms with Crippen LogP contribution < -0.4 is 4.74 Å². The van der Waals surface area contributed by atoms with Crippen LogP contribution in [0.5, 0.6) is 5.75 Å². The van der Waals surface area contributed by atoms with Crippen molar-refractivity contribution in [3.63, 3.8) is 0 Å². The second kappa shape index (κ2) is 4.95. The van der Waals surface area contributed by atoms with E-state index in [1.165, 1.54) is 16.5 Å². The standard InChI is InChI=1S/C17H20N2O2/c1-5-12-8-15-14(9-16(12)21-4)13-6-7-19(11(3)20)10(2)17(13)18-15/h8-9,18H,2,5-7H2,1,3-4H3. The van der Waals surface area contributed by atoms with Gasteiger partial charge in [0.1, 0.15) is 5.75 Å². The minimum Gasteiger partial charge on any atom is -0.496 e. The number of nitrogens with one attached hydrogen (secondary N) is 1. The molecule has 0 aliphatic carbocycles. The first-order valence-electron chi connectivity index (χ1n) is 7.25. The maximum Gasteiger partial charge on any atom is 0.223 e. The Balaban J connectivity index is 2.19. The van der Waals surface area contributed by atoms with E-state index in [4.69, 9.17) is 4.74 Å². The Hall–Kier alpha value is -2.23. The number of H-pyrrole nitrogens is 1. The molecule has 0 bridgehead atoms. The van der Waals surface area contributed by atoms with Crippen LogP contribution in [0.2, 0.25) is 0 Å². The van der Waals surface area contributed by atoms with Gasteiger partial charge in [0.15, 0.2) is 0 Å². The van der Waals surface area contributed by atoms with Gasteiger partial charge in [-0.3, -0.25) is 4.79 Å². The molecule has 110 valence electrons. The lowest BCUT2D eigenvalue weighted by molar-refractivity contribution is -0.125. The van der Waals surface area contributed by atoms with Gasteiger partial charge in [0.05, 0.1) is 18.5 Å². The SMILES string of the molecule is C=C1c2[nH]c3cc(CC)c(OC)cc3c2CCN1C(C)=O. The number of carbonyl (C=O) groups is 1. The molecule has 1 aliphatic rings. The summed E-state index contributed by atoms with van der Waals surface area (Å²) >= 11 is 0. The summed E-state index contributed by atoms with van der Waals surface area (Å²) in [5, 5.41) is 1.17. The van der Waals surface area contributed by atoms with Crippen molar-refractivity contribution in [1.29, 1.82) is 0 Å². The van der Waals surface area contributed by atoms with Gasteiger partial charge in [-0.15, -0.1) is 0 Å². The number of amides is 1. The van der Waals surface area contributed by atoms with E-state index in [0.717, 1.165) is 35.5 Å². The van der Waals surface area contributed by atoms with E-state index in [9.17, 15) is 4.79 Å². The summed E-state index contributed by atoms with van der Waals surface area (Å²) in [6.07, 6.45) is 1.76. The van der Waals surface area contributed by atoms with Crippen LogP contribution in [0.3, 0.4) is 0 Å². The van der Waals surface area contributed by atoms with Crippen molar-refractivity contribution >= 4 is 22.5 Å². The third kappa shape index (κ3) is 2.02. The van der Waals surface area contributed by atoms with Gasteiger partial charge in [-0.25, -0.2) is 0 Å². The van der Waals surface area contributed by atoms with Gasteiger partial charge in [0, 0.05) is 24.4 Å². The molecule has 4 nitrogen and oxygen atoms in total. The molecule has 1 aromatic carbocycles. The van der Waals surface area contributed by atoms with E-state index in [1.807, 2.05) is 0 Å². The van der Waals surface area contributed by atoms with E-state index >= 15 is 0 Å². The molecule has 0 spiro atoms. The summed E-state index contributed by atoms with van der Waals surface area (Å²) in [7, 11) is 1.70. The maximum atomic E-state index is 11.7. The van der Waals surface area contributed by atoms with Crippen LogP contribution in [0.15, 0.2) is 18.7 Å². The molecule has 0 saturated heterocycles. The van der Waals surface area contributed by atoms with Crippen molar-refractivity contribution in [2.45, 2.75) is 26.7 Å². The summed E-state index contributed by atoms with van der Waals surface area (Å²) in [5.74, 6) is 0.961. The predicted octanol–water partition coefficient (Wildman–Crippen LogP) is 3.11. The van der Waals surface area contributed by atoms with Crippen molar-refractivity contribution in [2.24, 2.45) is 0 Å². The van der Waals surface area contributed by atoms with E-state index in [1.54, 1.807) is 18.9 Å². The molecule has 2 aromatic rings. The highest BCUT2D eigenvalue weighted by Gasteiger charge is 2.26. The smallest absolute Gasteiger partial charge is 0.223 e. The summed E-state index contributed by atoms with van der Waals surface area (Å²) in [5.41, 5.74) is 5.23. The zero-order chi connectivity index (χ0) is 15.1. The molecule has 0 radical (unpaired) electrons. The van der Waals surface area contributed by atoms with Crippen LogP contribution in [0.25, 0.3) is 16.6 Å². The number of carbonyl (C=O) groups excluding carboxylic acids is 1. The fourth-order valence-corrected chi connectivity index (χ4v) is 3.14. The molecule has 2 heterocycles. The fourth-order valence-electron chi connectivity index (χ4n) is 3.14. The Kier molecular flexibility index (Phi) is 3.24. The molecule has 1 aliphatic heterocycles. The molecule has 1 aromatic heterocycles. The number of nitrogens with zero attached hydrogens (tertiary/aromatic N) is 1. The topological polar surface area (TPSA) is 45.3 Å². The summed E-state index contributed by atoms with van der Waals surface area (Å²) in [4.78, 5) is 16.8. The lowest BCUT2D eigenvalue weighted by Crippen LogP contribution is -2.32. The average Bonchev–Trinajstić information content (AvgIpc) is 2.84. The average molecular weight is 284 g/mol. The number of aryl methyl sites for hydroxylation is 1. The van der Waals surface area contributed by atoms with E-state index in [2.05, 4.69) is 30.6 Å². The number of hydrogen-bond acceptors (Lipinski definition) is 2. The first-order chi connectivity index (χ1) is 10.1. The quantitative estimate of drug-likeness (QED) is 0.921. The number of aromatic nitrogens is 1. The molecule has 3 rings (SSSR count). The number of fused-ring (bicyclic) bond motifs is 3. The van der Waals surface area contributed by atoms with Crippen LogP contribution in [0.1, 0.15) is 30.7 Å². The fraction of sp³-hybridized carbons (Fsp3) is 0.353. The first-order valence-corrected chi connectivity index (χ1v) is 7.25. The second-order valence-corrected chi connectivity index (χ2v) is 5.41. The largest absolute Gasteiger partial charge is 0.496 e. The van der Waals surface area contributed by atoms with Gasteiger partial charge < -0.3 is 14.6 Å². The molecular weight excluding hydrogens is 264 g/mol. The Bertz CT molecular complexity index is 743. The van der Waals surface area contributed by atoms with E-state index in [-0.39, 0.29) is 5.91 Å². The molecule has 21 heavy (non-hydrogen) atoms. The number of benzene rings is 1. The minimum atomic E-state index is 0.0381. The van der Waals surface area contributed by atoms with Gasteiger partial charge in [0.2, 0.25) is 5.91 Å². The highest BCUT2D eigenvalue weighted by molar-refractivity contribution is 5.94. The second-order valence-electron chi connectivity index (χ2n) is 5.41. The van der Waals surface area contributed by atoms with E-state index < -0.39 is 0 Å². The van der Waals surface area contributed by atoms with Gasteiger partial charge in [-0.05, 0) is 36.1 Å². The third-order valence-corrected chi connectivity index (χ3v) is 4.27. The number of ether oxygens (including phenoxy) is 1. The lowest BCUT2D eigenvalue weighted by atomic mass is 10.00. The first kappa shape index (κ1) is 13.7. The van der Waals surface area contributed by atoms with Crippen LogP contribution in [0.4, 0.5) is 0 Å². The Morgan fingerprint density at radius 3 is 2.86 bits per heavy atom. The number of rotatable bonds is 2. The van der Waals surface area contributed by atoms with Crippen molar-refractivity contribution in [2.75, 3.05) is 13.7 Å². The van der Waals surface area contributed by atoms with Crippen LogP contribution in [-0.4, -0.2) is 29.4 Å². The molecular formula is C17H20N2O2. The van der Waals surface area contributed by atoms with Crippen molar-refractivity contribution < 1.29 is 9.53 Å². The van der Waals surface area contributed by atoms with Crippen molar-refractivity contribution in [3.05, 3.63) is 35.5 Å². The van der Waals surface area contributed by atoms with Crippen LogP contribution >= 0.6 is 0 Å². The molecule has 4 heteroatoms. The lowest BCUT2D eigenvalue weighted by Gasteiger charge is -2.28. The van der Waals surface area contributed by atoms with Crippen molar-refractivity contribution in [3.8, 4) is 5.75 Å². The summed E-state index contributed by atoms with van der Waals surface area (Å²) in [6, 6.07) is 4.23. The van der Waals surface area contributed by atoms with Gasteiger partial charge >= 0.3 is 0 Å². The molecule has 0 fully saturated rings. The maximum absolute atomic E-state index is 11.7. The third-order valence-electron chi connectivity index (χ3n) is 4.27. The van der Waals surface area contributed by atoms with Crippen LogP contribution in [-0.2, 0) is 17.6 Å². The number of aromatic amines is 1. The molecule has 0 saturated carbocycles. The number of hydrogen-bond donors (Lipinski definition) is 1. The minimum absolute atomic E-state index is 0.0381. The monoisotopic (exact) mass is 284 g/mol. The predicted molar refractivity (Wildman–Crippen MR) is 84.4 cm³/mol. The van der Waals surface area contributed by atoms with E-state index in [0.29, 0.717) is 6.54 Å². The molecule has 0 unspecified atom stereocenters. The molecule has 0 atom stereocenters. The van der Waals surface area contributed by atoms with Gasteiger partial charge in [-0.2, -0.15) is 0 Å². The molecule has 1 N–H and O–H groups in total. The Labute approximate surface area is 124 Å². The number of methoxy groups -OCH3 is 1. The zero-order valence-corrected chi connectivity index (χ0v) is 12.7. The Morgan fingerprint density at radius 1 is 1.48 bits per heavy atom. The summed E-state index contributed by atoms with van der Waals surface area (Å²) < 4.78 is 5.49. The zero-order valence-electron chi connectivity index (χ0n) is 12.7.